The van der Waals surface area contributed by atoms with Crippen molar-refractivity contribution in [2.75, 3.05) is 4.90 Å². The number of phenolic OH excluding ortho intramolecular Hbond substituents is 1. The number of hydrogen-bond acceptors (Lipinski definition) is 4. The maximum absolute atomic E-state index is 14.0. The Kier molecular flexibility index (Phi) is 5.26. The predicted molar refractivity (Wildman–Crippen MR) is 115 cm³/mol. The normalized spacial score (nSPS) is 17.8. The van der Waals surface area contributed by atoms with Gasteiger partial charge in [0.1, 0.15) is 11.5 Å². The number of halogens is 2. The van der Waals surface area contributed by atoms with E-state index in [2.05, 4.69) is 0 Å². The van der Waals surface area contributed by atoms with Crippen molar-refractivity contribution >= 4 is 23.1 Å². The molecule has 4 rings (SSSR count). The van der Waals surface area contributed by atoms with Crippen LogP contribution < -0.4 is 4.90 Å². The molecule has 162 valence electrons. The Morgan fingerprint density at radius 1 is 0.906 bits per heavy atom. The average molecular weight is 435 g/mol. The predicted octanol–water partition coefficient (Wildman–Crippen LogP) is 4.91. The van der Waals surface area contributed by atoms with Gasteiger partial charge in [0.05, 0.1) is 11.6 Å². The Morgan fingerprint density at radius 2 is 1.66 bits per heavy atom. The maximum Gasteiger partial charge on any atom is 0.300 e. The Labute approximate surface area is 182 Å². The van der Waals surface area contributed by atoms with E-state index in [0.29, 0.717) is 11.1 Å². The minimum absolute atomic E-state index is 0.0570. The number of phenols is 1. The average Bonchev–Trinajstić information content (AvgIpc) is 3.02. The molecule has 1 atom stereocenters. The molecular formula is C25H19F2NO4. The zero-order valence-electron chi connectivity index (χ0n) is 17.3. The lowest BCUT2D eigenvalue weighted by molar-refractivity contribution is -0.132. The van der Waals surface area contributed by atoms with E-state index in [1.54, 1.807) is 24.3 Å². The number of aliphatic hydroxyl groups excluding tert-OH is 1. The van der Waals surface area contributed by atoms with Crippen LogP contribution in [0.4, 0.5) is 14.5 Å². The van der Waals surface area contributed by atoms with E-state index >= 15 is 0 Å². The molecule has 3 aromatic rings. The summed E-state index contributed by atoms with van der Waals surface area (Å²) in [7, 11) is 0. The summed E-state index contributed by atoms with van der Waals surface area (Å²) < 4.78 is 27.5. The molecule has 0 radical (unpaired) electrons. The highest BCUT2D eigenvalue weighted by molar-refractivity contribution is 6.51. The number of anilines is 1. The third kappa shape index (κ3) is 3.51. The Balaban J connectivity index is 1.97. The lowest BCUT2D eigenvalue weighted by Crippen LogP contribution is -2.29. The van der Waals surface area contributed by atoms with Crippen molar-refractivity contribution < 1.29 is 28.6 Å². The molecule has 0 saturated carbocycles. The highest BCUT2D eigenvalue weighted by Gasteiger charge is 2.47. The fourth-order valence-corrected chi connectivity index (χ4v) is 3.79. The number of nitrogens with zero attached hydrogens (tertiary/aromatic N) is 1. The summed E-state index contributed by atoms with van der Waals surface area (Å²) in [5.41, 5.74) is 2.24. The minimum Gasteiger partial charge on any atom is -0.508 e. The second-order valence-electron chi connectivity index (χ2n) is 7.66. The molecule has 32 heavy (non-hydrogen) atoms. The number of amides is 1. The van der Waals surface area contributed by atoms with Gasteiger partial charge in [0.25, 0.3) is 11.7 Å². The Morgan fingerprint density at radius 3 is 2.31 bits per heavy atom. The number of hydrogen-bond donors (Lipinski definition) is 2. The number of carbonyl (C=O) groups is 2. The van der Waals surface area contributed by atoms with Gasteiger partial charge in [-0.15, -0.1) is 0 Å². The molecule has 1 fully saturated rings. The molecular weight excluding hydrogens is 416 g/mol. The van der Waals surface area contributed by atoms with Crippen LogP contribution >= 0.6 is 0 Å². The zero-order valence-corrected chi connectivity index (χ0v) is 17.3. The first kappa shape index (κ1) is 21.2. The molecule has 1 saturated heterocycles. The van der Waals surface area contributed by atoms with E-state index in [4.69, 9.17) is 0 Å². The molecule has 2 N–H and O–H groups in total. The van der Waals surface area contributed by atoms with Crippen LogP contribution in [0.5, 0.6) is 5.75 Å². The van der Waals surface area contributed by atoms with Gasteiger partial charge >= 0.3 is 0 Å². The highest BCUT2D eigenvalue weighted by atomic mass is 19.2. The van der Waals surface area contributed by atoms with Gasteiger partial charge in [-0.2, -0.15) is 0 Å². The number of rotatable bonds is 3. The fourth-order valence-electron chi connectivity index (χ4n) is 3.79. The van der Waals surface area contributed by atoms with E-state index in [9.17, 15) is 28.6 Å². The molecule has 0 aromatic heterocycles. The van der Waals surface area contributed by atoms with Crippen molar-refractivity contribution in [2.24, 2.45) is 0 Å². The van der Waals surface area contributed by atoms with Crippen LogP contribution in [0.2, 0.25) is 0 Å². The van der Waals surface area contributed by atoms with E-state index in [0.717, 1.165) is 28.2 Å². The van der Waals surface area contributed by atoms with Gasteiger partial charge < -0.3 is 10.2 Å². The number of aliphatic hydroxyl groups is 1. The smallest absolute Gasteiger partial charge is 0.300 e. The third-order valence-electron chi connectivity index (χ3n) is 5.59. The van der Waals surface area contributed by atoms with E-state index in [-0.39, 0.29) is 17.0 Å². The largest absolute Gasteiger partial charge is 0.508 e. The van der Waals surface area contributed by atoms with Crippen molar-refractivity contribution in [2.45, 2.75) is 19.9 Å². The molecule has 1 aliphatic heterocycles. The van der Waals surface area contributed by atoms with Crippen molar-refractivity contribution in [3.05, 3.63) is 100 Å². The summed E-state index contributed by atoms with van der Waals surface area (Å²) >= 11 is 0. The second-order valence-corrected chi connectivity index (χ2v) is 7.66. The fraction of sp³-hybridized carbons (Fsp3) is 0.120. The van der Waals surface area contributed by atoms with Gasteiger partial charge in [-0.05, 0) is 60.9 Å². The number of benzene rings is 3. The van der Waals surface area contributed by atoms with Crippen molar-refractivity contribution in [3.8, 4) is 5.75 Å². The summed E-state index contributed by atoms with van der Waals surface area (Å²) in [6.45, 7) is 3.74. The number of carbonyl (C=O) groups excluding carboxylic acids is 2. The molecule has 1 amide bonds. The summed E-state index contributed by atoms with van der Waals surface area (Å²) in [4.78, 5) is 27.0. The van der Waals surface area contributed by atoms with Crippen LogP contribution in [0.15, 0.2) is 66.2 Å². The SMILES string of the molecule is Cc1ccc(/C(O)=C2\C(=O)C(=O)N(c3ccc(F)c(F)c3)C2c2cccc(O)c2)cc1C. The topological polar surface area (TPSA) is 77.8 Å². The van der Waals surface area contributed by atoms with Crippen LogP contribution in [0.25, 0.3) is 5.76 Å². The van der Waals surface area contributed by atoms with Gasteiger partial charge in [-0.1, -0.05) is 24.3 Å². The molecule has 0 bridgehead atoms. The number of aromatic hydroxyl groups is 1. The lowest BCUT2D eigenvalue weighted by Gasteiger charge is -2.25. The van der Waals surface area contributed by atoms with Crippen LogP contribution in [0.1, 0.15) is 28.3 Å². The lowest BCUT2D eigenvalue weighted by atomic mass is 9.94. The number of ketones is 1. The molecule has 1 unspecified atom stereocenters. The van der Waals surface area contributed by atoms with Gasteiger partial charge in [-0.3, -0.25) is 14.5 Å². The molecule has 0 aliphatic carbocycles. The minimum atomic E-state index is -1.19. The van der Waals surface area contributed by atoms with Crippen LogP contribution in [-0.4, -0.2) is 21.9 Å². The molecule has 1 heterocycles. The number of aryl methyl sites for hydroxylation is 2. The van der Waals surface area contributed by atoms with Gasteiger partial charge in [0, 0.05) is 17.3 Å². The zero-order chi connectivity index (χ0) is 23.2. The summed E-state index contributed by atoms with van der Waals surface area (Å²) in [6.07, 6.45) is 0. The highest BCUT2D eigenvalue weighted by Crippen LogP contribution is 2.43. The van der Waals surface area contributed by atoms with E-state index in [1.165, 1.54) is 24.3 Å². The van der Waals surface area contributed by atoms with Crippen LogP contribution in [-0.2, 0) is 9.59 Å². The summed E-state index contributed by atoms with van der Waals surface area (Å²) in [5, 5.41) is 21.0. The van der Waals surface area contributed by atoms with Crippen LogP contribution in [0.3, 0.4) is 0 Å². The first-order valence-corrected chi connectivity index (χ1v) is 9.81. The second kappa shape index (κ2) is 7.92. The summed E-state index contributed by atoms with van der Waals surface area (Å²) in [6, 6.07) is 12.6. The first-order valence-electron chi connectivity index (χ1n) is 9.81. The molecule has 7 heteroatoms. The van der Waals surface area contributed by atoms with Gasteiger partial charge in [0.2, 0.25) is 0 Å². The number of Topliss-reactive ketones (excluding diaryl/α,β-unsaturated/α-hetero) is 1. The molecule has 0 spiro atoms. The molecule has 3 aromatic carbocycles. The van der Waals surface area contributed by atoms with E-state index < -0.39 is 35.1 Å². The van der Waals surface area contributed by atoms with Gasteiger partial charge in [0.15, 0.2) is 11.6 Å². The molecule has 5 nitrogen and oxygen atoms in total. The maximum atomic E-state index is 14.0. The summed E-state index contributed by atoms with van der Waals surface area (Å²) in [5.74, 6) is -4.79. The monoisotopic (exact) mass is 435 g/mol. The standard InChI is InChI=1S/C25H19F2NO4/c1-13-6-7-16(10-14(13)2)23(30)21-22(15-4-3-5-18(29)11-15)28(25(32)24(21)31)17-8-9-19(26)20(27)12-17/h3-12,22,29-30H,1-2H3/b23-21+. The van der Waals surface area contributed by atoms with Crippen LogP contribution in [0, 0.1) is 25.5 Å². The third-order valence-corrected chi connectivity index (χ3v) is 5.59. The van der Waals surface area contributed by atoms with Crippen molar-refractivity contribution in [3.63, 3.8) is 0 Å². The van der Waals surface area contributed by atoms with Crippen molar-refractivity contribution in [1.29, 1.82) is 0 Å². The Hall–Kier alpha value is -4.00. The van der Waals surface area contributed by atoms with Gasteiger partial charge in [-0.25, -0.2) is 8.78 Å². The van der Waals surface area contributed by atoms with E-state index in [1.807, 2.05) is 13.8 Å². The molecule has 1 aliphatic rings. The quantitative estimate of drug-likeness (QED) is 0.348. The first-order chi connectivity index (χ1) is 15.2. The Bertz CT molecular complexity index is 1300. The van der Waals surface area contributed by atoms with Crippen molar-refractivity contribution in [1.82, 2.24) is 0 Å².